The number of benzene rings is 2. The van der Waals surface area contributed by atoms with E-state index in [0.717, 1.165) is 35.1 Å². The van der Waals surface area contributed by atoms with Gasteiger partial charge in [-0.1, -0.05) is 55.0 Å². The molecule has 0 heterocycles. The zero-order valence-electron chi connectivity index (χ0n) is 20.0. The number of likely N-dealkylation sites (N-methyl/N-ethyl adjacent to an activating group) is 1. The van der Waals surface area contributed by atoms with Crippen LogP contribution in [0.1, 0.15) is 55.6 Å². The van der Waals surface area contributed by atoms with Gasteiger partial charge in [0.15, 0.2) is 0 Å². The molecule has 2 saturated carbocycles. The minimum atomic E-state index is -1.00. The van der Waals surface area contributed by atoms with Gasteiger partial charge in [-0.25, -0.2) is 4.79 Å². The van der Waals surface area contributed by atoms with Crippen molar-refractivity contribution in [2.24, 2.45) is 11.3 Å². The van der Waals surface area contributed by atoms with Crippen molar-refractivity contribution >= 4 is 18.0 Å². The highest BCUT2D eigenvalue weighted by Gasteiger charge is 2.57. The summed E-state index contributed by atoms with van der Waals surface area (Å²) in [5.74, 6) is -0.648. The molecule has 2 N–H and O–H groups in total. The van der Waals surface area contributed by atoms with Gasteiger partial charge in [-0.3, -0.25) is 9.59 Å². The lowest BCUT2D eigenvalue weighted by Gasteiger charge is -2.27. The molecule has 3 unspecified atom stereocenters. The van der Waals surface area contributed by atoms with Gasteiger partial charge in [0.1, 0.15) is 12.6 Å². The summed E-state index contributed by atoms with van der Waals surface area (Å²) in [6.45, 7) is 0.798. The lowest BCUT2D eigenvalue weighted by molar-refractivity contribution is -0.138. The highest BCUT2D eigenvalue weighted by Crippen LogP contribution is 2.63. The Bertz CT molecular complexity index is 1100. The first-order valence-corrected chi connectivity index (χ1v) is 12.5. The maximum atomic E-state index is 13.2. The zero-order valence-corrected chi connectivity index (χ0v) is 20.0. The highest BCUT2D eigenvalue weighted by molar-refractivity contribution is 5.86. The molecule has 2 amide bonds. The number of amides is 2. The number of carboxylic acid groups (broad SMARTS) is 1. The Kier molecular flexibility index (Phi) is 6.26. The number of alkyl carbamates (subject to hydrolysis) is 1. The third-order valence-corrected chi connectivity index (χ3v) is 8.10. The predicted octanol–water partition coefficient (Wildman–Crippen LogP) is 4.41. The summed E-state index contributed by atoms with van der Waals surface area (Å²) in [6.07, 6.45) is 3.84. The lowest BCUT2D eigenvalue weighted by atomic mass is 9.98. The number of carbonyl (C=O) groups is 3. The van der Waals surface area contributed by atoms with Crippen LogP contribution in [0.5, 0.6) is 0 Å². The Morgan fingerprint density at radius 1 is 1.11 bits per heavy atom. The minimum Gasteiger partial charge on any atom is -0.481 e. The second-order valence-corrected chi connectivity index (χ2v) is 10.3. The van der Waals surface area contributed by atoms with Gasteiger partial charge in [0.2, 0.25) is 5.91 Å². The van der Waals surface area contributed by atoms with Crippen LogP contribution in [-0.2, 0) is 14.3 Å². The lowest BCUT2D eigenvalue weighted by Crippen LogP contribution is -2.49. The third kappa shape index (κ3) is 4.64. The van der Waals surface area contributed by atoms with Crippen LogP contribution in [0.25, 0.3) is 11.1 Å². The molecule has 3 aliphatic carbocycles. The fraction of sp³-hybridized carbons (Fsp3) is 0.464. The molecule has 3 aliphatic rings. The Labute approximate surface area is 205 Å². The molecule has 7 nitrogen and oxygen atoms in total. The summed E-state index contributed by atoms with van der Waals surface area (Å²) in [4.78, 5) is 38.8. The molecule has 2 aromatic carbocycles. The number of aliphatic carboxylic acids is 1. The number of fused-ring (bicyclic) bond motifs is 4. The average molecular weight is 477 g/mol. The molecule has 0 saturated heterocycles. The van der Waals surface area contributed by atoms with Crippen molar-refractivity contribution in [2.75, 3.05) is 20.2 Å². The van der Waals surface area contributed by atoms with E-state index in [-0.39, 0.29) is 36.7 Å². The number of nitrogens with one attached hydrogen (secondary N) is 1. The van der Waals surface area contributed by atoms with E-state index in [4.69, 9.17) is 9.84 Å². The van der Waals surface area contributed by atoms with Crippen LogP contribution < -0.4 is 5.32 Å². The topological polar surface area (TPSA) is 95.9 Å². The molecule has 0 aliphatic heterocycles. The summed E-state index contributed by atoms with van der Waals surface area (Å²) >= 11 is 0. The van der Waals surface area contributed by atoms with E-state index >= 15 is 0 Å². The second-order valence-electron chi connectivity index (χ2n) is 10.3. The summed E-state index contributed by atoms with van der Waals surface area (Å²) in [5, 5.41) is 11.8. The number of ether oxygens (including phenoxy) is 1. The summed E-state index contributed by atoms with van der Waals surface area (Å²) < 4.78 is 5.60. The number of nitrogens with zero attached hydrogens (tertiary/aromatic N) is 1. The molecule has 3 atom stereocenters. The van der Waals surface area contributed by atoms with Crippen molar-refractivity contribution in [3.05, 3.63) is 59.7 Å². The molecule has 0 aromatic heterocycles. The summed E-state index contributed by atoms with van der Waals surface area (Å²) in [7, 11) is 1.75. The molecular weight excluding hydrogens is 444 g/mol. The van der Waals surface area contributed by atoms with Gasteiger partial charge in [-0.2, -0.15) is 0 Å². The Balaban J connectivity index is 1.23. The monoisotopic (exact) mass is 476 g/mol. The van der Waals surface area contributed by atoms with Crippen LogP contribution in [-0.4, -0.2) is 54.2 Å². The van der Waals surface area contributed by atoms with Gasteiger partial charge in [-0.15, -0.1) is 0 Å². The van der Waals surface area contributed by atoms with E-state index in [1.807, 2.05) is 36.4 Å². The van der Waals surface area contributed by atoms with Crippen molar-refractivity contribution in [3.63, 3.8) is 0 Å². The average Bonchev–Trinajstić information content (AvgIpc) is 3.22. The van der Waals surface area contributed by atoms with E-state index in [9.17, 15) is 14.4 Å². The Morgan fingerprint density at radius 3 is 2.34 bits per heavy atom. The zero-order chi connectivity index (χ0) is 24.6. The standard InChI is InChI=1S/C28H32N2O5/c1-30(17-28-14-6-7-18(28)15-28)26(33)24(12-13-25(31)32)29-27(34)35-16-23-21-10-4-2-8-19(21)20-9-3-5-11-22(20)23/h2-5,8-11,18,23-24H,6-7,12-17H2,1H3,(H,29,34)(H,31,32). The molecule has 35 heavy (non-hydrogen) atoms. The van der Waals surface area contributed by atoms with Crippen molar-refractivity contribution in [1.29, 1.82) is 0 Å². The van der Waals surface area contributed by atoms with E-state index in [0.29, 0.717) is 12.5 Å². The Morgan fingerprint density at radius 2 is 1.77 bits per heavy atom. The molecule has 0 spiro atoms. The normalized spacial score (nSPS) is 22.5. The van der Waals surface area contributed by atoms with E-state index in [2.05, 4.69) is 17.4 Å². The molecule has 7 heteroatoms. The second kappa shape index (κ2) is 9.36. The first kappa shape index (κ1) is 23.4. The molecule has 5 rings (SSSR count). The molecule has 2 fully saturated rings. The van der Waals surface area contributed by atoms with Crippen molar-refractivity contribution < 1.29 is 24.2 Å². The fourth-order valence-electron chi connectivity index (χ4n) is 6.24. The van der Waals surface area contributed by atoms with Gasteiger partial charge in [0, 0.05) is 25.9 Å². The minimum absolute atomic E-state index is 0.0269. The predicted molar refractivity (Wildman–Crippen MR) is 131 cm³/mol. The summed E-state index contributed by atoms with van der Waals surface area (Å²) in [6, 6.07) is 15.2. The van der Waals surface area contributed by atoms with Crippen molar-refractivity contribution in [3.8, 4) is 11.1 Å². The van der Waals surface area contributed by atoms with Crippen LogP contribution in [0.15, 0.2) is 48.5 Å². The number of carboxylic acids is 1. The largest absolute Gasteiger partial charge is 0.481 e. The number of hydrogen-bond donors (Lipinski definition) is 2. The molecule has 184 valence electrons. The van der Waals surface area contributed by atoms with Crippen LogP contribution >= 0.6 is 0 Å². The molecular formula is C28H32N2O5. The molecule has 2 aromatic rings. The quantitative estimate of drug-likeness (QED) is 0.559. The smallest absolute Gasteiger partial charge is 0.407 e. The number of hydrogen-bond acceptors (Lipinski definition) is 4. The van der Waals surface area contributed by atoms with Gasteiger partial charge < -0.3 is 20.1 Å². The SMILES string of the molecule is CN(CC12CCCC1C2)C(=O)C(CCC(=O)O)NC(=O)OCC1c2ccccc2-c2ccccc21. The summed E-state index contributed by atoms with van der Waals surface area (Å²) in [5.41, 5.74) is 4.71. The fourth-order valence-corrected chi connectivity index (χ4v) is 6.24. The number of carbonyl (C=O) groups excluding carboxylic acids is 2. The number of rotatable bonds is 9. The van der Waals surface area contributed by atoms with Crippen molar-refractivity contribution in [1.82, 2.24) is 10.2 Å². The third-order valence-electron chi connectivity index (χ3n) is 8.10. The first-order valence-electron chi connectivity index (χ1n) is 12.5. The van der Waals surface area contributed by atoms with E-state index < -0.39 is 18.1 Å². The van der Waals surface area contributed by atoms with Crippen LogP contribution in [0.3, 0.4) is 0 Å². The van der Waals surface area contributed by atoms with Crippen LogP contribution in [0.4, 0.5) is 4.79 Å². The van der Waals surface area contributed by atoms with E-state index in [1.54, 1.807) is 11.9 Å². The van der Waals surface area contributed by atoms with Crippen molar-refractivity contribution in [2.45, 2.75) is 50.5 Å². The van der Waals surface area contributed by atoms with Crippen LogP contribution in [0.2, 0.25) is 0 Å². The molecule has 0 radical (unpaired) electrons. The van der Waals surface area contributed by atoms with Gasteiger partial charge in [0.25, 0.3) is 0 Å². The Hall–Kier alpha value is -3.35. The van der Waals surface area contributed by atoms with Gasteiger partial charge >= 0.3 is 12.1 Å². The van der Waals surface area contributed by atoms with Gasteiger partial charge in [-0.05, 0) is 59.3 Å². The maximum absolute atomic E-state index is 13.2. The van der Waals surface area contributed by atoms with Gasteiger partial charge in [0.05, 0.1) is 0 Å². The highest BCUT2D eigenvalue weighted by atomic mass is 16.5. The maximum Gasteiger partial charge on any atom is 0.407 e. The van der Waals surface area contributed by atoms with Crippen LogP contribution in [0, 0.1) is 11.3 Å². The van der Waals surface area contributed by atoms with E-state index in [1.165, 1.54) is 12.8 Å². The first-order chi connectivity index (χ1) is 16.9. The molecule has 0 bridgehead atoms.